The van der Waals surface area contributed by atoms with Crippen LogP contribution in [0.15, 0.2) is 24.3 Å². The van der Waals surface area contributed by atoms with Crippen LogP contribution in [0.1, 0.15) is 41.5 Å². The van der Waals surface area contributed by atoms with Gasteiger partial charge in [0.25, 0.3) is 5.91 Å². The second-order valence-electron chi connectivity index (χ2n) is 10.9. The molecule has 1 saturated heterocycles. The Kier molecular flexibility index (Phi) is 8.25. The summed E-state index contributed by atoms with van der Waals surface area (Å²) < 4.78 is 22.9. The molecular formula is C24H40N2O6Si. The SMILES string of the molecule is COc1ccc(N2C(=O)[C@H](OC)[C@@H]2[C@@H](CNC(=O)OC(C)(C)C)O[Si](C)(C)C(C)(C)C)cc1. The number of nitrogens with zero attached hydrogens (tertiary/aromatic N) is 1. The number of β-lactam (4-membered cyclic amide) rings is 1. The number of methoxy groups -OCH3 is 2. The van der Waals surface area contributed by atoms with Crippen molar-refractivity contribution < 1.29 is 28.2 Å². The van der Waals surface area contributed by atoms with Gasteiger partial charge in [0.05, 0.1) is 19.3 Å². The predicted molar refractivity (Wildman–Crippen MR) is 131 cm³/mol. The van der Waals surface area contributed by atoms with Gasteiger partial charge >= 0.3 is 6.09 Å². The summed E-state index contributed by atoms with van der Waals surface area (Å²) in [6.07, 6.45) is -1.67. The number of hydrogen-bond donors (Lipinski definition) is 1. The molecule has 33 heavy (non-hydrogen) atoms. The Hall–Kier alpha value is -2.10. The Morgan fingerprint density at radius 2 is 1.67 bits per heavy atom. The molecule has 9 heteroatoms. The first-order valence-corrected chi connectivity index (χ1v) is 14.2. The summed E-state index contributed by atoms with van der Waals surface area (Å²) in [5.41, 5.74) is 0.108. The number of amides is 2. The van der Waals surface area contributed by atoms with E-state index in [1.807, 2.05) is 45.0 Å². The summed E-state index contributed by atoms with van der Waals surface area (Å²) in [5, 5.41) is 2.78. The molecule has 1 aromatic carbocycles. The predicted octanol–water partition coefficient (Wildman–Crippen LogP) is 4.34. The minimum atomic E-state index is -2.25. The Bertz CT molecular complexity index is 829. The van der Waals surface area contributed by atoms with Crippen LogP contribution in [-0.2, 0) is 18.7 Å². The first-order chi connectivity index (χ1) is 15.1. The highest BCUT2D eigenvalue weighted by Gasteiger charge is 2.54. The monoisotopic (exact) mass is 480 g/mol. The molecule has 1 aromatic rings. The van der Waals surface area contributed by atoms with Crippen LogP contribution in [0, 0.1) is 0 Å². The highest BCUT2D eigenvalue weighted by molar-refractivity contribution is 6.74. The largest absolute Gasteiger partial charge is 0.497 e. The molecule has 2 rings (SSSR count). The first kappa shape index (κ1) is 27.1. The van der Waals surface area contributed by atoms with E-state index in [1.54, 1.807) is 12.0 Å². The summed E-state index contributed by atoms with van der Waals surface area (Å²) in [4.78, 5) is 27.0. The van der Waals surface area contributed by atoms with E-state index in [0.29, 0.717) is 5.75 Å². The average molecular weight is 481 g/mol. The lowest BCUT2D eigenvalue weighted by Crippen LogP contribution is -2.72. The molecule has 0 aliphatic carbocycles. The number of carbonyl (C=O) groups is 2. The molecule has 0 saturated carbocycles. The van der Waals surface area contributed by atoms with Crippen molar-refractivity contribution in [1.29, 1.82) is 0 Å². The highest BCUT2D eigenvalue weighted by atomic mass is 28.4. The molecule has 1 fully saturated rings. The summed E-state index contributed by atoms with van der Waals surface area (Å²) >= 11 is 0. The number of ether oxygens (including phenoxy) is 3. The minimum Gasteiger partial charge on any atom is -0.497 e. The normalized spacial score (nSPS) is 20.2. The zero-order chi connectivity index (χ0) is 25.2. The fraction of sp³-hybridized carbons (Fsp3) is 0.667. The van der Waals surface area contributed by atoms with Crippen molar-refractivity contribution in [2.75, 3.05) is 25.7 Å². The van der Waals surface area contributed by atoms with Crippen molar-refractivity contribution >= 4 is 26.0 Å². The van der Waals surface area contributed by atoms with Crippen LogP contribution in [0.4, 0.5) is 10.5 Å². The van der Waals surface area contributed by atoms with Gasteiger partial charge < -0.3 is 28.9 Å². The molecule has 3 atom stereocenters. The van der Waals surface area contributed by atoms with Crippen LogP contribution >= 0.6 is 0 Å². The van der Waals surface area contributed by atoms with Crippen molar-refractivity contribution in [3.63, 3.8) is 0 Å². The standard InChI is InChI=1S/C24H40N2O6Si/c1-23(2,3)31-22(28)25-15-18(32-33(9,10)24(4,5)6)19-20(30-8)21(27)26(19)16-11-13-17(29-7)14-12-16/h11-14,18-20H,15H2,1-10H3,(H,25,28)/t18-,19+,20-/m1/s1. The smallest absolute Gasteiger partial charge is 0.407 e. The van der Waals surface area contributed by atoms with E-state index in [-0.39, 0.29) is 17.5 Å². The lowest BCUT2D eigenvalue weighted by Gasteiger charge is -2.51. The lowest BCUT2D eigenvalue weighted by molar-refractivity contribution is -0.143. The zero-order valence-electron chi connectivity index (χ0n) is 21.6. The molecule has 186 valence electrons. The number of nitrogens with one attached hydrogen (secondary N) is 1. The van der Waals surface area contributed by atoms with E-state index in [0.717, 1.165) is 5.69 Å². The van der Waals surface area contributed by atoms with Gasteiger partial charge in [0.2, 0.25) is 0 Å². The Morgan fingerprint density at radius 1 is 1.09 bits per heavy atom. The Morgan fingerprint density at radius 3 is 2.12 bits per heavy atom. The van der Waals surface area contributed by atoms with E-state index in [4.69, 9.17) is 18.6 Å². The van der Waals surface area contributed by atoms with Crippen LogP contribution in [0.3, 0.4) is 0 Å². The van der Waals surface area contributed by atoms with E-state index < -0.39 is 38.3 Å². The summed E-state index contributed by atoms with van der Waals surface area (Å²) in [7, 11) is 0.868. The number of alkyl carbamates (subject to hydrolysis) is 1. The summed E-state index contributed by atoms with van der Waals surface area (Å²) in [6.45, 7) is 16.4. The maximum atomic E-state index is 13.0. The Balaban J connectivity index is 2.35. The molecule has 0 aromatic heterocycles. The van der Waals surface area contributed by atoms with E-state index >= 15 is 0 Å². The van der Waals surface area contributed by atoms with Crippen molar-refractivity contribution in [3.8, 4) is 5.75 Å². The van der Waals surface area contributed by atoms with Crippen LogP contribution in [0.25, 0.3) is 0 Å². The van der Waals surface area contributed by atoms with Crippen molar-refractivity contribution in [2.45, 2.75) is 83.5 Å². The lowest BCUT2D eigenvalue weighted by atomic mass is 9.91. The zero-order valence-corrected chi connectivity index (χ0v) is 22.6. The third-order valence-corrected chi connectivity index (χ3v) is 10.7. The van der Waals surface area contributed by atoms with Gasteiger partial charge in [-0.2, -0.15) is 0 Å². The number of carbonyl (C=O) groups excluding carboxylic acids is 2. The maximum absolute atomic E-state index is 13.0. The first-order valence-electron chi connectivity index (χ1n) is 11.3. The van der Waals surface area contributed by atoms with Crippen LogP contribution in [0.5, 0.6) is 5.75 Å². The molecule has 0 bridgehead atoms. The van der Waals surface area contributed by atoms with Gasteiger partial charge in [-0.15, -0.1) is 0 Å². The molecular weight excluding hydrogens is 440 g/mol. The fourth-order valence-electron chi connectivity index (χ4n) is 3.41. The number of rotatable bonds is 8. The third-order valence-electron chi connectivity index (χ3n) is 6.17. The second-order valence-corrected chi connectivity index (χ2v) is 15.6. The quantitative estimate of drug-likeness (QED) is 0.440. The minimum absolute atomic E-state index is 0.0571. The van der Waals surface area contributed by atoms with Gasteiger partial charge in [-0.25, -0.2) is 4.79 Å². The Labute approximate surface area is 199 Å². The van der Waals surface area contributed by atoms with Crippen molar-refractivity contribution in [2.24, 2.45) is 0 Å². The van der Waals surface area contributed by atoms with Crippen LogP contribution in [0.2, 0.25) is 18.1 Å². The summed E-state index contributed by atoms with van der Waals surface area (Å²) in [5.74, 6) is 0.556. The molecule has 2 amide bonds. The van der Waals surface area contributed by atoms with Crippen LogP contribution < -0.4 is 15.0 Å². The van der Waals surface area contributed by atoms with E-state index in [1.165, 1.54) is 7.11 Å². The molecule has 0 spiro atoms. The van der Waals surface area contributed by atoms with Crippen molar-refractivity contribution in [1.82, 2.24) is 5.32 Å². The molecule has 1 heterocycles. The second kappa shape index (κ2) is 10.0. The molecule has 0 unspecified atom stereocenters. The molecule has 1 aliphatic rings. The number of anilines is 1. The maximum Gasteiger partial charge on any atom is 0.407 e. The van der Waals surface area contributed by atoms with E-state index in [9.17, 15) is 9.59 Å². The molecule has 8 nitrogen and oxygen atoms in total. The average Bonchev–Trinajstić information content (AvgIpc) is 2.68. The van der Waals surface area contributed by atoms with Gasteiger partial charge in [0.1, 0.15) is 11.4 Å². The number of hydrogen-bond acceptors (Lipinski definition) is 6. The molecule has 1 aliphatic heterocycles. The summed E-state index contributed by atoms with van der Waals surface area (Å²) in [6, 6.07) is 6.88. The van der Waals surface area contributed by atoms with Gasteiger partial charge in [-0.05, 0) is 63.2 Å². The van der Waals surface area contributed by atoms with Crippen molar-refractivity contribution in [3.05, 3.63) is 24.3 Å². The number of benzene rings is 1. The van der Waals surface area contributed by atoms with Gasteiger partial charge in [-0.3, -0.25) is 4.79 Å². The third kappa shape index (κ3) is 6.49. The highest BCUT2D eigenvalue weighted by Crippen LogP contribution is 2.40. The fourth-order valence-corrected chi connectivity index (χ4v) is 4.75. The van der Waals surface area contributed by atoms with Crippen LogP contribution in [-0.4, -0.2) is 64.9 Å². The van der Waals surface area contributed by atoms with Gasteiger partial charge in [0, 0.05) is 19.3 Å². The molecule has 0 radical (unpaired) electrons. The van der Waals surface area contributed by atoms with Gasteiger partial charge in [-0.1, -0.05) is 20.8 Å². The van der Waals surface area contributed by atoms with Gasteiger partial charge in [0.15, 0.2) is 14.4 Å². The molecule has 1 N–H and O–H groups in total. The van der Waals surface area contributed by atoms with E-state index in [2.05, 4.69) is 39.2 Å². The topological polar surface area (TPSA) is 86.3 Å².